The second-order valence-corrected chi connectivity index (χ2v) is 6.95. The van der Waals surface area contributed by atoms with Gasteiger partial charge in [-0.1, -0.05) is 6.07 Å². The zero-order chi connectivity index (χ0) is 14.8. The van der Waals surface area contributed by atoms with E-state index in [1.807, 2.05) is 12.3 Å². The van der Waals surface area contributed by atoms with Crippen LogP contribution in [-0.2, 0) is 16.4 Å². The molecule has 0 saturated carbocycles. The van der Waals surface area contributed by atoms with Gasteiger partial charge >= 0.3 is 0 Å². The molecule has 7 heteroatoms. The molecule has 0 bridgehead atoms. The van der Waals surface area contributed by atoms with Gasteiger partial charge in [-0.3, -0.25) is 0 Å². The van der Waals surface area contributed by atoms with Crippen LogP contribution in [0.2, 0.25) is 0 Å². The predicted molar refractivity (Wildman–Crippen MR) is 83.3 cm³/mol. The van der Waals surface area contributed by atoms with Crippen molar-refractivity contribution in [2.75, 3.05) is 11.1 Å². The lowest BCUT2D eigenvalue weighted by Gasteiger charge is -2.17. The van der Waals surface area contributed by atoms with Gasteiger partial charge in [0.05, 0.1) is 11.4 Å². The van der Waals surface area contributed by atoms with Crippen molar-refractivity contribution in [3.05, 3.63) is 40.6 Å². The summed E-state index contributed by atoms with van der Waals surface area (Å²) in [6.07, 6.45) is 0.836. The van der Waals surface area contributed by atoms with Gasteiger partial charge in [0, 0.05) is 6.04 Å². The average molecular weight is 311 g/mol. The lowest BCUT2D eigenvalue weighted by molar-refractivity contribution is 0.598. The summed E-state index contributed by atoms with van der Waals surface area (Å²) >= 11 is 1.65. The first-order valence-corrected chi connectivity index (χ1v) is 8.55. The van der Waals surface area contributed by atoms with Crippen LogP contribution in [0.15, 0.2) is 39.9 Å². The standard InChI is InChI=1S/C13H17N3O2S2/c1-9(7-10-5-6-19-8-10)16-11-3-2-4-12(13(11)14)20(15,17)18/h2-6,8-9,16H,7,14H2,1H3,(H2,15,17,18). The molecular formula is C13H17N3O2S2. The van der Waals surface area contributed by atoms with E-state index in [1.54, 1.807) is 23.5 Å². The van der Waals surface area contributed by atoms with Crippen LogP contribution in [0.1, 0.15) is 12.5 Å². The SMILES string of the molecule is CC(Cc1ccsc1)Nc1cccc(S(N)(=O)=O)c1N. The molecule has 20 heavy (non-hydrogen) atoms. The number of hydrogen-bond donors (Lipinski definition) is 3. The monoisotopic (exact) mass is 311 g/mol. The van der Waals surface area contributed by atoms with Gasteiger partial charge in [0.2, 0.25) is 10.0 Å². The molecule has 1 heterocycles. The van der Waals surface area contributed by atoms with Crippen molar-refractivity contribution in [2.45, 2.75) is 24.3 Å². The Morgan fingerprint density at radius 1 is 1.35 bits per heavy atom. The highest BCUT2D eigenvalue weighted by atomic mass is 32.2. The molecule has 0 amide bonds. The highest BCUT2D eigenvalue weighted by Gasteiger charge is 2.15. The predicted octanol–water partition coefficient (Wildman–Crippen LogP) is 2.02. The Morgan fingerprint density at radius 3 is 2.70 bits per heavy atom. The van der Waals surface area contributed by atoms with Crippen LogP contribution in [0.4, 0.5) is 11.4 Å². The lowest BCUT2D eigenvalue weighted by atomic mass is 10.1. The van der Waals surface area contributed by atoms with E-state index in [9.17, 15) is 8.42 Å². The van der Waals surface area contributed by atoms with Crippen molar-refractivity contribution in [3.8, 4) is 0 Å². The number of thiophene rings is 1. The Hall–Kier alpha value is -1.57. The first-order chi connectivity index (χ1) is 9.38. The minimum absolute atomic E-state index is 0.0507. The highest BCUT2D eigenvalue weighted by Crippen LogP contribution is 2.26. The second kappa shape index (κ2) is 5.82. The number of sulfonamides is 1. The van der Waals surface area contributed by atoms with Gasteiger partial charge in [0.25, 0.3) is 0 Å². The van der Waals surface area contributed by atoms with Gasteiger partial charge in [0.15, 0.2) is 0 Å². The van der Waals surface area contributed by atoms with E-state index >= 15 is 0 Å². The minimum Gasteiger partial charge on any atom is -0.396 e. The molecule has 5 nitrogen and oxygen atoms in total. The van der Waals surface area contributed by atoms with Gasteiger partial charge in [-0.05, 0) is 47.9 Å². The maximum Gasteiger partial charge on any atom is 0.240 e. The molecule has 1 unspecified atom stereocenters. The lowest BCUT2D eigenvalue weighted by Crippen LogP contribution is -2.20. The molecule has 1 aromatic heterocycles. The molecule has 0 aliphatic heterocycles. The minimum atomic E-state index is -3.81. The molecule has 0 radical (unpaired) electrons. The summed E-state index contributed by atoms with van der Waals surface area (Å²) in [5.41, 5.74) is 7.85. The number of hydrogen-bond acceptors (Lipinski definition) is 5. The Balaban J connectivity index is 2.17. The summed E-state index contributed by atoms with van der Waals surface area (Å²) in [5.74, 6) is 0. The molecular weight excluding hydrogens is 294 g/mol. The number of nitrogens with two attached hydrogens (primary N) is 2. The van der Waals surface area contributed by atoms with Crippen molar-refractivity contribution < 1.29 is 8.42 Å². The molecule has 0 spiro atoms. The molecule has 108 valence electrons. The van der Waals surface area contributed by atoms with Crippen molar-refractivity contribution >= 4 is 32.7 Å². The maximum atomic E-state index is 11.4. The number of nitrogens with one attached hydrogen (secondary N) is 1. The third kappa shape index (κ3) is 3.50. The summed E-state index contributed by atoms with van der Waals surface area (Å²) in [6.45, 7) is 2.01. The fourth-order valence-electron chi connectivity index (χ4n) is 2.00. The van der Waals surface area contributed by atoms with E-state index in [0.717, 1.165) is 6.42 Å². The summed E-state index contributed by atoms with van der Waals surface area (Å²) in [5, 5.41) is 12.5. The van der Waals surface area contributed by atoms with Crippen LogP contribution in [0, 0.1) is 0 Å². The number of anilines is 2. The van der Waals surface area contributed by atoms with E-state index in [4.69, 9.17) is 10.9 Å². The van der Waals surface area contributed by atoms with Crippen molar-refractivity contribution in [2.24, 2.45) is 5.14 Å². The maximum absolute atomic E-state index is 11.4. The molecule has 0 aliphatic carbocycles. The highest BCUT2D eigenvalue weighted by molar-refractivity contribution is 7.89. The number of primary sulfonamides is 1. The van der Waals surface area contributed by atoms with Gasteiger partial charge < -0.3 is 11.1 Å². The van der Waals surface area contributed by atoms with E-state index in [2.05, 4.69) is 16.8 Å². The normalized spacial score (nSPS) is 13.1. The molecule has 0 fully saturated rings. The molecule has 1 atom stereocenters. The van der Waals surface area contributed by atoms with Crippen LogP contribution < -0.4 is 16.2 Å². The number of para-hydroxylation sites is 1. The molecule has 2 rings (SSSR count). The molecule has 2 aromatic rings. The third-order valence-electron chi connectivity index (χ3n) is 2.90. The molecule has 5 N–H and O–H groups in total. The van der Waals surface area contributed by atoms with Gasteiger partial charge in [-0.2, -0.15) is 11.3 Å². The number of benzene rings is 1. The Kier molecular flexibility index (Phi) is 4.32. The first kappa shape index (κ1) is 14.8. The smallest absolute Gasteiger partial charge is 0.240 e. The molecule has 1 aromatic carbocycles. The van der Waals surface area contributed by atoms with E-state index in [0.29, 0.717) is 5.69 Å². The number of nitrogen functional groups attached to an aromatic ring is 1. The zero-order valence-corrected chi connectivity index (χ0v) is 12.7. The molecule has 0 aliphatic rings. The summed E-state index contributed by atoms with van der Waals surface area (Å²) < 4.78 is 22.8. The van der Waals surface area contributed by atoms with Crippen molar-refractivity contribution in [1.29, 1.82) is 0 Å². The van der Waals surface area contributed by atoms with Crippen molar-refractivity contribution in [3.63, 3.8) is 0 Å². The summed E-state index contributed by atoms with van der Waals surface area (Å²) in [4.78, 5) is -0.0507. The van der Waals surface area contributed by atoms with E-state index in [1.165, 1.54) is 11.6 Å². The van der Waals surface area contributed by atoms with Gasteiger partial charge in [-0.15, -0.1) is 0 Å². The largest absolute Gasteiger partial charge is 0.396 e. The summed E-state index contributed by atoms with van der Waals surface area (Å²) in [7, 11) is -3.81. The van der Waals surface area contributed by atoms with Crippen LogP contribution in [-0.4, -0.2) is 14.5 Å². The Morgan fingerprint density at radius 2 is 2.10 bits per heavy atom. The fraction of sp³-hybridized carbons (Fsp3) is 0.231. The second-order valence-electron chi connectivity index (χ2n) is 4.64. The number of rotatable bonds is 5. The average Bonchev–Trinajstić information content (AvgIpc) is 2.83. The Bertz CT molecular complexity index is 682. The van der Waals surface area contributed by atoms with E-state index < -0.39 is 10.0 Å². The zero-order valence-electron chi connectivity index (χ0n) is 11.0. The van der Waals surface area contributed by atoms with Crippen LogP contribution >= 0.6 is 11.3 Å². The summed E-state index contributed by atoms with van der Waals surface area (Å²) in [6, 6.07) is 6.96. The topological polar surface area (TPSA) is 98.2 Å². The fourth-order valence-corrected chi connectivity index (χ4v) is 3.36. The quantitative estimate of drug-likeness (QED) is 0.736. The third-order valence-corrected chi connectivity index (χ3v) is 4.60. The van der Waals surface area contributed by atoms with Crippen molar-refractivity contribution in [1.82, 2.24) is 0 Å². The van der Waals surface area contributed by atoms with Gasteiger partial charge in [-0.25, -0.2) is 13.6 Å². The van der Waals surface area contributed by atoms with E-state index in [-0.39, 0.29) is 16.6 Å². The van der Waals surface area contributed by atoms with Crippen LogP contribution in [0.25, 0.3) is 0 Å². The Labute approximate surface area is 122 Å². The van der Waals surface area contributed by atoms with Crippen LogP contribution in [0.3, 0.4) is 0 Å². The first-order valence-electron chi connectivity index (χ1n) is 6.07. The molecule has 0 saturated heterocycles. The van der Waals surface area contributed by atoms with Crippen LogP contribution in [0.5, 0.6) is 0 Å². The van der Waals surface area contributed by atoms with Gasteiger partial charge in [0.1, 0.15) is 4.90 Å².